The molecule has 0 radical (unpaired) electrons. The van der Waals surface area contributed by atoms with Crippen molar-refractivity contribution < 1.29 is 4.74 Å². The third-order valence-corrected chi connectivity index (χ3v) is 2.39. The molecule has 0 aromatic heterocycles. The van der Waals surface area contributed by atoms with E-state index in [4.69, 9.17) is 11.2 Å². The quantitative estimate of drug-likeness (QED) is 0.548. The second-order valence-corrected chi connectivity index (χ2v) is 3.98. The second kappa shape index (κ2) is 8.66. The first-order valence-corrected chi connectivity index (χ1v) is 6.22. The number of nitrogens with one attached hydrogen (secondary N) is 1. The number of unbranched alkanes of at least 4 members (excludes halogenated alkanes) is 1. The van der Waals surface area contributed by atoms with E-state index in [-0.39, 0.29) is 0 Å². The summed E-state index contributed by atoms with van der Waals surface area (Å²) in [6.07, 6.45) is 8.03. The molecule has 2 heteroatoms. The molecular formula is C15H21NO. The molecule has 0 aliphatic heterocycles. The molecule has 2 nitrogen and oxygen atoms in total. The zero-order valence-corrected chi connectivity index (χ0v) is 10.5. The first kappa shape index (κ1) is 13.6. The van der Waals surface area contributed by atoms with Crippen LogP contribution in [0.1, 0.15) is 31.7 Å². The van der Waals surface area contributed by atoms with Gasteiger partial charge >= 0.3 is 0 Å². The number of benzene rings is 1. The van der Waals surface area contributed by atoms with Crippen LogP contribution in [0.25, 0.3) is 0 Å². The van der Waals surface area contributed by atoms with Gasteiger partial charge in [-0.15, -0.1) is 12.3 Å². The number of rotatable bonds is 8. The van der Waals surface area contributed by atoms with Crippen molar-refractivity contribution in [2.45, 2.75) is 32.7 Å². The molecule has 0 aliphatic rings. The molecule has 1 N–H and O–H groups in total. The molecule has 1 aromatic carbocycles. The lowest BCUT2D eigenvalue weighted by atomic mass is 10.2. The van der Waals surface area contributed by atoms with Crippen LogP contribution in [0.5, 0.6) is 5.75 Å². The van der Waals surface area contributed by atoms with E-state index < -0.39 is 0 Å². The smallest absolute Gasteiger partial charge is 0.119 e. The van der Waals surface area contributed by atoms with Gasteiger partial charge in [0.1, 0.15) is 5.75 Å². The highest BCUT2D eigenvalue weighted by molar-refractivity contribution is 5.28. The Labute approximate surface area is 104 Å². The zero-order valence-electron chi connectivity index (χ0n) is 10.5. The molecule has 0 saturated carbocycles. The van der Waals surface area contributed by atoms with Gasteiger partial charge in [0.25, 0.3) is 0 Å². The highest BCUT2D eigenvalue weighted by atomic mass is 16.5. The van der Waals surface area contributed by atoms with Crippen molar-refractivity contribution in [2.75, 3.05) is 13.2 Å². The van der Waals surface area contributed by atoms with Crippen LogP contribution in [-0.4, -0.2) is 13.2 Å². The Morgan fingerprint density at radius 2 is 2.29 bits per heavy atom. The molecule has 0 heterocycles. The van der Waals surface area contributed by atoms with Crippen molar-refractivity contribution in [2.24, 2.45) is 0 Å². The van der Waals surface area contributed by atoms with Crippen LogP contribution < -0.4 is 10.1 Å². The number of terminal acetylenes is 1. The van der Waals surface area contributed by atoms with Crippen LogP contribution in [-0.2, 0) is 6.54 Å². The first-order valence-electron chi connectivity index (χ1n) is 6.22. The minimum absolute atomic E-state index is 0.691. The molecular weight excluding hydrogens is 210 g/mol. The Morgan fingerprint density at radius 3 is 3.06 bits per heavy atom. The highest BCUT2D eigenvalue weighted by Gasteiger charge is 1.96. The van der Waals surface area contributed by atoms with Gasteiger partial charge in [-0.2, -0.15) is 0 Å². The van der Waals surface area contributed by atoms with Crippen LogP contribution >= 0.6 is 0 Å². The standard InChI is InChI=1S/C15H21NO/c1-3-5-6-11-17-15-9-7-8-14(12-15)13-16-10-4-2/h1,7-9,12,16H,4-6,10-11,13H2,2H3. The Bertz CT molecular complexity index is 354. The lowest BCUT2D eigenvalue weighted by Crippen LogP contribution is -2.13. The summed E-state index contributed by atoms with van der Waals surface area (Å²) in [5.74, 6) is 3.54. The largest absolute Gasteiger partial charge is 0.494 e. The van der Waals surface area contributed by atoms with Gasteiger partial charge in [0, 0.05) is 13.0 Å². The number of hydrogen-bond acceptors (Lipinski definition) is 2. The molecule has 0 atom stereocenters. The normalized spacial score (nSPS) is 9.88. The van der Waals surface area contributed by atoms with E-state index in [1.54, 1.807) is 0 Å². The van der Waals surface area contributed by atoms with Crippen LogP contribution in [0, 0.1) is 12.3 Å². The molecule has 0 aliphatic carbocycles. The summed E-state index contributed by atoms with van der Waals surface area (Å²) in [4.78, 5) is 0. The van der Waals surface area contributed by atoms with E-state index in [2.05, 4.69) is 30.3 Å². The summed E-state index contributed by atoms with van der Waals surface area (Å²) in [6.45, 7) is 4.80. The van der Waals surface area contributed by atoms with E-state index in [0.717, 1.165) is 38.1 Å². The fourth-order valence-electron chi connectivity index (χ4n) is 1.52. The Balaban J connectivity index is 2.34. The summed E-state index contributed by atoms with van der Waals surface area (Å²) in [7, 11) is 0. The van der Waals surface area contributed by atoms with Gasteiger partial charge in [0.15, 0.2) is 0 Å². The van der Waals surface area contributed by atoms with Gasteiger partial charge < -0.3 is 10.1 Å². The van der Waals surface area contributed by atoms with Gasteiger partial charge in [-0.1, -0.05) is 19.1 Å². The lowest BCUT2D eigenvalue weighted by molar-refractivity contribution is 0.312. The van der Waals surface area contributed by atoms with Crippen molar-refractivity contribution in [3.05, 3.63) is 29.8 Å². The first-order chi connectivity index (χ1) is 8.36. The van der Waals surface area contributed by atoms with E-state index in [1.807, 2.05) is 12.1 Å². The van der Waals surface area contributed by atoms with Crippen molar-refractivity contribution >= 4 is 0 Å². The van der Waals surface area contributed by atoms with Crippen molar-refractivity contribution in [1.82, 2.24) is 5.32 Å². The Kier molecular flexibility index (Phi) is 6.93. The van der Waals surface area contributed by atoms with E-state index >= 15 is 0 Å². The third-order valence-electron chi connectivity index (χ3n) is 2.39. The van der Waals surface area contributed by atoms with Crippen LogP contribution in [0.2, 0.25) is 0 Å². The second-order valence-electron chi connectivity index (χ2n) is 3.98. The summed E-state index contributed by atoms with van der Waals surface area (Å²) in [6, 6.07) is 8.20. The van der Waals surface area contributed by atoms with Crippen LogP contribution in [0.3, 0.4) is 0 Å². The van der Waals surface area contributed by atoms with Crippen LogP contribution in [0.4, 0.5) is 0 Å². The average Bonchev–Trinajstić information content (AvgIpc) is 2.36. The predicted octanol–water partition coefficient (Wildman–Crippen LogP) is 2.98. The summed E-state index contributed by atoms with van der Waals surface area (Å²) in [5, 5.41) is 3.37. The fourth-order valence-corrected chi connectivity index (χ4v) is 1.52. The third kappa shape index (κ3) is 5.99. The zero-order chi connectivity index (χ0) is 12.3. The topological polar surface area (TPSA) is 21.3 Å². The van der Waals surface area contributed by atoms with Crippen molar-refractivity contribution in [3.8, 4) is 18.1 Å². The highest BCUT2D eigenvalue weighted by Crippen LogP contribution is 2.13. The van der Waals surface area contributed by atoms with Crippen molar-refractivity contribution in [3.63, 3.8) is 0 Å². The summed E-state index contributed by atoms with van der Waals surface area (Å²) < 4.78 is 5.63. The Morgan fingerprint density at radius 1 is 1.41 bits per heavy atom. The van der Waals surface area contributed by atoms with Gasteiger partial charge in [-0.25, -0.2) is 0 Å². The molecule has 1 rings (SSSR count). The summed E-state index contributed by atoms with van der Waals surface area (Å²) >= 11 is 0. The van der Waals surface area contributed by atoms with Gasteiger partial charge in [-0.05, 0) is 37.1 Å². The van der Waals surface area contributed by atoms with E-state index in [9.17, 15) is 0 Å². The molecule has 0 saturated heterocycles. The number of ether oxygens (including phenoxy) is 1. The maximum Gasteiger partial charge on any atom is 0.119 e. The minimum Gasteiger partial charge on any atom is -0.494 e. The lowest BCUT2D eigenvalue weighted by Gasteiger charge is -2.08. The molecule has 0 bridgehead atoms. The molecule has 92 valence electrons. The average molecular weight is 231 g/mol. The molecule has 0 spiro atoms. The maximum atomic E-state index is 5.63. The fraction of sp³-hybridized carbons (Fsp3) is 0.467. The summed E-state index contributed by atoms with van der Waals surface area (Å²) in [5.41, 5.74) is 1.26. The monoisotopic (exact) mass is 231 g/mol. The van der Waals surface area contributed by atoms with Crippen LogP contribution in [0.15, 0.2) is 24.3 Å². The van der Waals surface area contributed by atoms with E-state index in [1.165, 1.54) is 5.56 Å². The molecule has 0 amide bonds. The van der Waals surface area contributed by atoms with E-state index in [0.29, 0.717) is 6.61 Å². The van der Waals surface area contributed by atoms with Crippen molar-refractivity contribution in [1.29, 1.82) is 0 Å². The molecule has 0 fully saturated rings. The maximum absolute atomic E-state index is 5.63. The molecule has 1 aromatic rings. The number of hydrogen-bond donors (Lipinski definition) is 1. The molecule has 0 unspecified atom stereocenters. The predicted molar refractivity (Wildman–Crippen MR) is 72.0 cm³/mol. The minimum atomic E-state index is 0.691. The van der Waals surface area contributed by atoms with Gasteiger partial charge in [0.2, 0.25) is 0 Å². The Hall–Kier alpha value is -1.46. The SMILES string of the molecule is C#CCCCOc1cccc(CNCCC)c1. The van der Waals surface area contributed by atoms with Gasteiger partial charge in [-0.3, -0.25) is 0 Å². The van der Waals surface area contributed by atoms with Gasteiger partial charge in [0.05, 0.1) is 6.61 Å². The molecule has 17 heavy (non-hydrogen) atoms.